The zero-order valence-corrected chi connectivity index (χ0v) is 13.3. The Hall–Kier alpha value is -0.510. The highest BCUT2D eigenvalue weighted by Gasteiger charge is 2.31. The van der Waals surface area contributed by atoms with Gasteiger partial charge in [-0.3, -0.25) is 0 Å². The molecule has 0 bridgehead atoms. The second-order valence-corrected chi connectivity index (χ2v) is 7.00. The Bertz CT molecular complexity index is 378. The zero-order chi connectivity index (χ0) is 14.3. The minimum Gasteiger partial charge on any atom is -0.394 e. The number of aliphatic hydroxyl groups excluding tert-OH is 1. The SMILES string of the molecule is CCNC(CO)(CSC1CCCCC1)c1ccccc1. The smallest absolute Gasteiger partial charge is 0.0760 e. The van der Waals surface area contributed by atoms with Crippen LogP contribution in [0.1, 0.15) is 44.6 Å². The van der Waals surface area contributed by atoms with Gasteiger partial charge in [0.1, 0.15) is 0 Å². The van der Waals surface area contributed by atoms with Crippen LogP contribution in [0.2, 0.25) is 0 Å². The van der Waals surface area contributed by atoms with Gasteiger partial charge in [0, 0.05) is 11.0 Å². The van der Waals surface area contributed by atoms with Crippen LogP contribution in [0.5, 0.6) is 0 Å². The van der Waals surface area contributed by atoms with Gasteiger partial charge >= 0.3 is 0 Å². The fourth-order valence-corrected chi connectivity index (χ4v) is 4.56. The lowest BCUT2D eigenvalue weighted by Gasteiger charge is -2.35. The summed E-state index contributed by atoms with van der Waals surface area (Å²) in [5, 5.41) is 14.3. The molecule has 0 saturated heterocycles. The molecule has 1 unspecified atom stereocenters. The molecule has 20 heavy (non-hydrogen) atoms. The van der Waals surface area contributed by atoms with Crippen LogP contribution in [-0.2, 0) is 5.54 Å². The summed E-state index contributed by atoms with van der Waals surface area (Å²) in [5.41, 5.74) is 0.908. The maximum atomic E-state index is 10.0. The number of benzene rings is 1. The quantitative estimate of drug-likeness (QED) is 0.806. The molecule has 2 nitrogen and oxygen atoms in total. The number of aliphatic hydroxyl groups is 1. The maximum Gasteiger partial charge on any atom is 0.0760 e. The summed E-state index contributed by atoms with van der Waals surface area (Å²) >= 11 is 2.04. The van der Waals surface area contributed by atoms with Gasteiger partial charge in [-0.05, 0) is 24.9 Å². The van der Waals surface area contributed by atoms with Crippen LogP contribution in [0.3, 0.4) is 0 Å². The van der Waals surface area contributed by atoms with Crippen LogP contribution in [-0.4, -0.2) is 29.3 Å². The van der Waals surface area contributed by atoms with Crippen LogP contribution in [0.25, 0.3) is 0 Å². The molecule has 1 aromatic carbocycles. The predicted octanol–water partition coefficient (Wildman–Crippen LogP) is 3.55. The van der Waals surface area contributed by atoms with Gasteiger partial charge in [0.25, 0.3) is 0 Å². The lowest BCUT2D eigenvalue weighted by molar-refractivity contribution is 0.181. The van der Waals surface area contributed by atoms with E-state index in [4.69, 9.17) is 0 Å². The van der Waals surface area contributed by atoms with Crippen molar-refractivity contribution >= 4 is 11.8 Å². The van der Waals surface area contributed by atoms with E-state index in [1.165, 1.54) is 37.7 Å². The highest BCUT2D eigenvalue weighted by Crippen LogP contribution is 2.33. The molecule has 0 radical (unpaired) electrons. The van der Waals surface area contributed by atoms with Gasteiger partial charge in [0.2, 0.25) is 0 Å². The van der Waals surface area contributed by atoms with Crippen molar-refractivity contribution in [3.8, 4) is 0 Å². The highest BCUT2D eigenvalue weighted by atomic mass is 32.2. The van der Waals surface area contributed by atoms with Gasteiger partial charge in [0.05, 0.1) is 12.1 Å². The normalized spacial score (nSPS) is 19.7. The van der Waals surface area contributed by atoms with Gasteiger partial charge in [-0.2, -0.15) is 11.8 Å². The molecule has 1 saturated carbocycles. The summed E-state index contributed by atoms with van der Waals surface area (Å²) in [4.78, 5) is 0. The second kappa shape index (κ2) is 8.06. The van der Waals surface area contributed by atoms with Gasteiger partial charge < -0.3 is 10.4 Å². The molecule has 112 valence electrons. The Balaban J connectivity index is 2.06. The van der Waals surface area contributed by atoms with Crippen LogP contribution in [0.4, 0.5) is 0 Å². The molecule has 1 aliphatic carbocycles. The molecule has 1 atom stereocenters. The first-order chi connectivity index (χ1) is 9.80. The van der Waals surface area contributed by atoms with Gasteiger partial charge in [-0.25, -0.2) is 0 Å². The van der Waals surface area contributed by atoms with E-state index in [1.54, 1.807) is 0 Å². The van der Waals surface area contributed by atoms with Crippen molar-refractivity contribution in [2.75, 3.05) is 18.9 Å². The number of thioether (sulfide) groups is 1. The third-order valence-corrected chi connectivity index (χ3v) is 5.83. The molecule has 0 aliphatic heterocycles. The van der Waals surface area contributed by atoms with Crippen LogP contribution in [0.15, 0.2) is 30.3 Å². The molecule has 1 fully saturated rings. The molecule has 0 heterocycles. The van der Waals surface area contributed by atoms with E-state index in [0.29, 0.717) is 0 Å². The van der Waals surface area contributed by atoms with Gasteiger partial charge in [-0.15, -0.1) is 0 Å². The first kappa shape index (κ1) is 15.9. The molecule has 0 aromatic heterocycles. The first-order valence-corrected chi connectivity index (χ1v) is 8.88. The number of hydrogen-bond donors (Lipinski definition) is 2. The lowest BCUT2D eigenvalue weighted by Crippen LogP contribution is -2.48. The van der Waals surface area contributed by atoms with Crippen LogP contribution in [0, 0.1) is 0 Å². The summed E-state index contributed by atoms with van der Waals surface area (Å²) in [6, 6.07) is 10.4. The second-order valence-electron chi connectivity index (χ2n) is 5.71. The largest absolute Gasteiger partial charge is 0.394 e. The summed E-state index contributed by atoms with van der Waals surface area (Å²) in [5.74, 6) is 0.950. The summed E-state index contributed by atoms with van der Waals surface area (Å²) in [6.07, 6.45) is 6.82. The number of hydrogen-bond acceptors (Lipinski definition) is 3. The van der Waals surface area contributed by atoms with E-state index in [-0.39, 0.29) is 12.1 Å². The molecule has 1 aliphatic rings. The van der Waals surface area contributed by atoms with Gasteiger partial charge in [-0.1, -0.05) is 56.5 Å². The van der Waals surface area contributed by atoms with Crippen molar-refractivity contribution in [1.29, 1.82) is 0 Å². The minimum atomic E-state index is -0.294. The van der Waals surface area contributed by atoms with Crippen LogP contribution < -0.4 is 5.32 Å². The van der Waals surface area contributed by atoms with E-state index >= 15 is 0 Å². The molecule has 0 amide bonds. The van der Waals surface area contributed by atoms with Crippen LogP contribution >= 0.6 is 11.8 Å². The molecule has 0 spiro atoms. The summed E-state index contributed by atoms with van der Waals surface area (Å²) in [6.45, 7) is 3.14. The molecular formula is C17H27NOS. The van der Waals surface area contributed by atoms with Crippen molar-refractivity contribution in [3.05, 3.63) is 35.9 Å². The fraction of sp³-hybridized carbons (Fsp3) is 0.647. The van der Waals surface area contributed by atoms with Crippen molar-refractivity contribution in [2.24, 2.45) is 0 Å². The van der Waals surface area contributed by atoms with Crippen molar-refractivity contribution in [3.63, 3.8) is 0 Å². The number of rotatable bonds is 7. The van der Waals surface area contributed by atoms with E-state index in [9.17, 15) is 5.11 Å². The summed E-state index contributed by atoms with van der Waals surface area (Å²) in [7, 11) is 0. The molecule has 2 rings (SSSR count). The standard InChI is InChI=1S/C17H27NOS/c1-2-18-17(13-19,15-9-5-3-6-10-15)14-20-16-11-7-4-8-12-16/h3,5-6,9-10,16,18-19H,2,4,7-8,11-14H2,1H3. The Morgan fingerprint density at radius 2 is 1.90 bits per heavy atom. The molecular weight excluding hydrogens is 266 g/mol. The van der Waals surface area contributed by atoms with E-state index in [1.807, 2.05) is 17.8 Å². The summed E-state index contributed by atoms with van der Waals surface area (Å²) < 4.78 is 0. The Morgan fingerprint density at radius 3 is 2.50 bits per heavy atom. The Morgan fingerprint density at radius 1 is 1.20 bits per heavy atom. The average Bonchev–Trinajstić information content (AvgIpc) is 2.53. The minimum absolute atomic E-state index is 0.157. The lowest BCUT2D eigenvalue weighted by atomic mass is 9.92. The topological polar surface area (TPSA) is 32.3 Å². The molecule has 1 aromatic rings. The maximum absolute atomic E-state index is 10.0. The first-order valence-electron chi connectivity index (χ1n) is 7.84. The monoisotopic (exact) mass is 293 g/mol. The fourth-order valence-electron chi connectivity index (χ4n) is 3.02. The predicted molar refractivity (Wildman–Crippen MR) is 88.2 cm³/mol. The van der Waals surface area contributed by atoms with Crippen molar-refractivity contribution < 1.29 is 5.11 Å². The third-order valence-electron chi connectivity index (χ3n) is 4.23. The number of nitrogens with one attached hydrogen (secondary N) is 1. The zero-order valence-electron chi connectivity index (χ0n) is 12.5. The molecule has 3 heteroatoms. The average molecular weight is 293 g/mol. The van der Waals surface area contributed by atoms with Gasteiger partial charge in [0.15, 0.2) is 0 Å². The van der Waals surface area contributed by atoms with E-state index < -0.39 is 0 Å². The van der Waals surface area contributed by atoms with Crippen molar-refractivity contribution in [1.82, 2.24) is 5.32 Å². The Kier molecular flexibility index (Phi) is 6.40. The Labute approximate surface area is 127 Å². The van der Waals surface area contributed by atoms with Crippen molar-refractivity contribution in [2.45, 2.75) is 49.8 Å². The van der Waals surface area contributed by atoms with E-state index in [2.05, 4.69) is 36.5 Å². The molecule has 2 N–H and O–H groups in total. The number of likely N-dealkylation sites (N-methyl/N-ethyl adjacent to an activating group) is 1. The third kappa shape index (κ3) is 4.00. The highest BCUT2D eigenvalue weighted by molar-refractivity contribution is 7.99. The van der Waals surface area contributed by atoms with E-state index in [0.717, 1.165) is 17.5 Å².